The summed E-state index contributed by atoms with van der Waals surface area (Å²) in [7, 11) is -3.48. The van der Waals surface area contributed by atoms with Gasteiger partial charge in [0.2, 0.25) is 10.0 Å². The number of thiophene rings is 1. The second-order valence-electron chi connectivity index (χ2n) is 7.85. The maximum atomic E-state index is 12.9. The van der Waals surface area contributed by atoms with Gasteiger partial charge in [0.05, 0.1) is 15.7 Å². The highest BCUT2D eigenvalue weighted by Crippen LogP contribution is 2.35. The van der Waals surface area contributed by atoms with Crippen LogP contribution in [0.3, 0.4) is 0 Å². The van der Waals surface area contributed by atoms with Gasteiger partial charge in [0.1, 0.15) is 15.6 Å². The van der Waals surface area contributed by atoms with Crippen LogP contribution >= 0.6 is 23.1 Å². The molecule has 4 aromatic rings. The fraction of sp³-hybridized carbons (Fsp3) is 0.261. The van der Waals surface area contributed by atoms with Crippen LogP contribution in [-0.2, 0) is 10.0 Å². The predicted octanol–water partition coefficient (Wildman–Crippen LogP) is 4.68. The summed E-state index contributed by atoms with van der Waals surface area (Å²) in [6.07, 6.45) is 3.20. The Bertz CT molecular complexity index is 1440. The number of benzene rings is 1. The number of nitrogens with one attached hydrogen (secondary N) is 1. The summed E-state index contributed by atoms with van der Waals surface area (Å²) in [4.78, 5) is 25.8. The van der Waals surface area contributed by atoms with E-state index >= 15 is 0 Å². The third kappa shape index (κ3) is 4.35. The van der Waals surface area contributed by atoms with E-state index in [1.807, 2.05) is 42.6 Å². The molecule has 1 atom stereocenters. The first-order valence-corrected chi connectivity index (χ1v) is 13.8. The van der Waals surface area contributed by atoms with Gasteiger partial charge in [0.25, 0.3) is 5.56 Å². The molecule has 0 bridgehead atoms. The average Bonchev–Trinajstić information content (AvgIpc) is 3.51. The lowest BCUT2D eigenvalue weighted by atomic mass is 10.1. The van der Waals surface area contributed by atoms with Crippen molar-refractivity contribution in [3.05, 3.63) is 70.2 Å². The molecule has 1 aliphatic heterocycles. The van der Waals surface area contributed by atoms with Gasteiger partial charge in [-0.1, -0.05) is 42.1 Å². The molecule has 10 heteroatoms. The number of hydrogen-bond donors (Lipinski definition) is 1. The van der Waals surface area contributed by atoms with Crippen molar-refractivity contribution in [1.82, 2.24) is 19.3 Å². The van der Waals surface area contributed by atoms with E-state index in [1.165, 1.54) is 33.6 Å². The molecule has 0 amide bonds. The summed E-state index contributed by atoms with van der Waals surface area (Å²) in [5.74, 6) is 0.564. The lowest BCUT2D eigenvalue weighted by molar-refractivity contribution is 0.477. The zero-order valence-electron chi connectivity index (χ0n) is 17.9. The number of hydrogen-bond acceptors (Lipinski definition) is 7. The van der Waals surface area contributed by atoms with Crippen molar-refractivity contribution in [3.63, 3.8) is 0 Å². The summed E-state index contributed by atoms with van der Waals surface area (Å²) in [5, 5.41) is 3.06. The van der Waals surface area contributed by atoms with Gasteiger partial charge in [0, 0.05) is 30.2 Å². The number of thioether (sulfide) groups is 1. The fourth-order valence-electron chi connectivity index (χ4n) is 3.89. The topological polar surface area (TPSA) is 96.0 Å². The van der Waals surface area contributed by atoms with Gasteiger partial charge in [0.15, 0.2) is 0 Å². The maximum absolute atomic E-state index is 12.9. The molecule has 0 saturated carbocycles. The molecule has 4 heterocycles. The Kier molecular flexibility index (Phi) is 6.09. The minimum atomic E-state index is -3.48. The normalized spacial score (nSPS) is 15.8. The third-order valence-corrected chi connectivity index (χ3v) is 9.46. The first-order chi connectivity index (χ1) is 15.9. The Morgan fingerprint density at radius 2 is 1.88 bits per heavy atom. The van der Waals surface area contributed by atoms with Crippen LogP contribution < -0.4 is 5.56 Å². The smallest absolute Gasteiger partial charge is 0.260 e. The minimum absolute atomic E-state index is 0.164. The van der Waals surface area contributed by atoms with Crippen LogP contribution in [0.2, 0.25) is 0 Å². The molecule has 1 unspecified atom stereocenters. The molecule has 1 aliphatic rings. The highest BCUT2D eigenvalue weighted by molar-refractivity contribution is 7.99. The van der Waals surface area contributed by atoms with Gasteiger partial charge in [-0.3, -0.25) is 4.79 Å². The van der Waals surface area contributed by atoms with Crippen molar-refractivity contribution in [2.75, 3.05) is 13.1 Å². The first kappa shape index (κ1) is 22.3. The van der Waals surface area contributed by atoms with Crippen LogP contribution in [0.25, 0.3) is 21.3 Å². The van der Waals surface area contributed by atoms with E-state index in [0.29, 0.717) is 34.2 Å². The lowest BCUT2D eigenvalue weighted by Crippen LogP contribution is -2.27. The molecule has 5 rings (SSSR count). The van der Waals surface area contributed by atoms with Crippen molar-refractivity contribution < 1.29 is 8.42 Å². The Morgan fingerprint density at radius 3 is 2.58 bits per heavy atom. The van der Waals surface area contributed by atoms with Crippen molar-refractivity contribution in [2.45, 2.75) is 34.9 Å². The molecule has 1 fully saturated rings. The summed E-state index contributed by atoms with van der Waals surface area (Å²) < 4.78 is 26.9. The Balaban J connectivity index is 1.37. The van der Waals surface area contributed by atoms with E-state index in [2.05, 4.69) is 9.97 Å². The van der Waals surface area contributed by atoms with E-state index in [4.69, 9.17) is 4.98 Å². The van der Waals surface area contributed by atoms with Crippen molar-refractivity contribution in [3.8, 4) is 11.1 Å². The molecule has 170 valence electrons. The van der Waals surface area contributed by atoms with Crippen LogP contribution in [0, 0.1) is 0 Å². The molecule has 1 N–H and O–H groups in total. The van der Waals surface area contributed by atoms with Gasteiger partial charge in [-0.15, -0.1) is 11.3 Å². The van der Waals surface area contributed by atoms with Crippen molar-refractivity contribution >= 4 is 43.3 Å². The summed E-state index contributed by atoms with van der Waals surface area (Å²) >= 11 is 2.87. The average molecular weight is 499 g/mol. The van der Waals surface area contributed by atoms with Crippen LogP contribution in [0.4, 0.5) is 0 Å². The number of pyridine rings is 1. The van der Waals surface area contributed by atoms with Crippen LogP contribution in [0.5, 0.6) is 0 Å². The molecule has 1 saturated heterocycles. The Morgan fingerprint density at radius 1 is 1.12 bits per heavy atom. The maximum Gasteiger partial charge on any atom is 0.260 e. The molecule has 0 radical (unpaired) electrons. The van der Waals surface area contributed by atoms with Gasteiger partial charge >= 0.3 is 0 Å². The number of aromatic nitrogens is 3. The zero-order chi connectivity index (χ0) is 23.0. The second-order valence-corrected chi connectivity index (χ2v) is 12.0. The Labute approximate surface area is 200 Å². The molecule has 3 aromatic heterocycles. The van der Waals surface area contributed by atoms with Crippen molar-refractivity contribution in [2.24, 2.45) is 0 Å². The Hall–Kier alpha value is -2.53. The number of H-pyrrole nitrogens is 1. The SMILES string of the molecule is CC(Sc1ccc(S(=O)(=O)N2CCCC2)cn1)c1nc2scc(-c3ccccc3)c2c(=O)[nH]1. The highest BCUT2D eigenvalue weighted by Gasteiger charge is 2.27. The van der Waals surface area contributed by atoms with Gasteiger partial charge in [-0.05, 0) is 37.5 Å². The fourth-order valence-corrected chi connectivity index (χ4v) is 7.16. The van der Waals surface area contributed by atoms with E-state index in [-0.39, 0.29) is 15.7 Å². The molecular weight excluding hydrogens is 476 g/mol. The van der Waals surface area contributed by atoms with Crippen LogP contribution in [-0.4, -0.2) is 40.8 Å². The molecule has 7 nitrogen and oxygen atoms in total. The quantitative estimate of drug-likeness (QED) is 0.388. The summed E-state index contributed by atoms with van der Waals surface area (Å²) in [5.41, 5.74) is 1.70. The van der Waals surface area contributed by atoms with E-state index in [1.54, 1.807) is 12.1 Å². The first-order valence-electron chi connectivity index (χ1n) is 10.6. The monoisotopic (exact) mass is 498 g/mol. The van der Waals surface area contributed by atoms with E-state index in [0.717, 1.165) is 24.0 Å². The number of fused-ring (bicyclic) bond motifs is 1. The van der Waals surface area contributed by atoms with E-state index in [9.17, 15) is 13.2 Å². The number of rotatable bonds is 6. The van der Waals surface area contributed by atoms with Gasteiger partial charge in [-0.25, -0.2) is 18.4 Å². The molecule has 33 heavy (non-hydrogen) atoms. The second kappa shape index (κ2) is 9.02. The van der Waals surface area contributed by atoms with Gasteiger partial charge < -0.3 is 4.98 Å². The van der Waals surface area contributed by atoms with Crippen molar-refractivity contribution in [1.29, 1.82) is 0 Å². The highest BCUT2D eigenvalue weighted by atomic mass is 32.2. The van der Waals surface area contributed by atoms with E-state index < -0.39 is 10.0 Å². The molecule has 0 aliphatic carbocycles. The largest absolute Gasteiger partial charge is 0.309 e. The van der Waals surface area contributed by atoms with Crippen LogP contribution in [0.15, 0.2) is 68.8 Å². The molecule has 0 spiro atoms. The molecular formula is C23H22N4O3S3. The lowest BCUT2D eigenvalue weighted by Gasteiger charge is -2.15. The third-order valence-electron chi connectivity index (χ3n) is 5.64. The predicted molar refractivity (Wildman–Crippen MR) is 132 cm³/mol. The zero-order valence-corrected chi connectivity index (χ0v) is 20.3. The minimum Gasteiger partial charge on any atom is -0.309 e. The van der Waals surface area contributed by atoms with Crippen LogP contribution in [0.1, 0.15) is 30.8 Å². The van der Waals surface area contributed by atoms with Gasteiger partial charge in [-0.2, -0.15) is 4.31 Å². The standard InChI is InChI=1S/C23H22N4O3S3/c1-15(32-19-10-9-17(13-24-19)33(29,30)27-11-5-6-12-27)21-25-22(28)20-18(14-31-23(20)26-21)16-7-3-2-4-8-16/h2-4,7-10,13-15H,5-6,11-12H2,1H3,(H,25,26,28). The number of sulfonamides is 1. The summed E-state index contributed by atoms with van der Waals surface area (Å²) in [6.45, 7) is 3.06. The number of nitrogens with zero attached hydrogens (tertiary/aromatic N) is 3. The summed E-state index contributed by atoms with van der Waals surface area (Å²) in [6, 6.07) is 13.1. The number of aromatic amines is 1. The molecule has 1 aromatic carbocycles.